The summed E-state index contributed by atoms with van der Waals surface area (Å²) in [5.41, 5.74) is 6.69. The van der Waals surface area contributed by atoms with E-state index in [1.165, 1.54) is 0 Å². The highest BCUT2D eigenvalue weighted by atomic mass is 19.3. The van der Waals surface area contributed by atoms with Gasteiger partial charge in [-0.25, -0.2) is 8.78 Å². The Morgan fingerprint density at radius 2 is 2.06 bits per heavy atom. The largest absolute Gasteiger partial charge is 0.486 e. The Morgan fingerprint density at radius 1 is 1.33 bits per heavy atom. The van der Waals surface area contributed by atoms with E-state index in [1.807, 2.05) is 6.07 Å². The fourth-order valence-corrected chi connectivity index (χ4v) is 2.05. The van der Waals surface area contributed by atoms with Gasteiger partial charge in [0.05, 0.1) is 0 Å². The number of hydrogen-bond acceptors (Lipinski definition) is 3. The standard InChI is InChI=1S/C13H15F2NO2/c1-12(14,15)11-7-17-9-3-2-8(6-10(9)18-11)13(16)4-5-13/h2-3,6,11H,4-5,7,16H2,1H3. The second-order valence-electron chi connectivity index (χ2n) is 5.19. The molecule has 1 saturated carbocycles. The monoisotopic (exact) mass is 255 g/mol. The molecule has 0 bridgehead atoms. The van der Waals surface area contributed by atoms with Crippen LogP contribution in [-0.2, 0) is 5.54 Å². The zero-order valence-corrected chi connectivity index (χ0v) is 10.1. The number of halogens is 2. The maximum atomic E-state index is 13.2. The molecule has 0 spiro atoms. The molecule has 5 heteroatoms. The number of fused-ring (bicyclic) bond motifs is 1. The van der Waals surface area contributed by atoms with Crippen molar-refractivity contribution in [2.75, 3.05) is 6.61 Å². The molecule has 0 aromatic heterocycles. The molecule has 0 amide bonds. The molecular formula is C13H15F2NO2. The van der Waals surface area contributed by atoms with Crippen molar-refractivity contribution in [2.24, 2.45) is 5.73 Å². The summed E-state index contributed by atoms with van der Waals surface area (Å²) in [5, 5.41) is 0. The van der Waals surface area contributed by atoms with Gasteiger partial charge >= 0.3 is 0 Å². The van der Waals surface area contributed by atoms with E-state index in [2.05, 4.69) is 0 Å². The van der Waals surface area contributed by atoms with Crippen molar-refractivity contribution in [1.29, 1.82) is 0 Å². The SMILES string of the molecule is CC(F)(F)C1COc2ccc(C3(N)CC3)cc2O1. The number of nitrogens with two attached hydrogens (primary N) is 1. The third kappa shape index (κ3) is 1.92. The van der Waals surface area contributed by atoms with Crippen LogP contribution in [0, 0.1) is 0 Å². The highest BCUT2D eigenvalue weighted by molar-refractivity contribution is 5.47. The van der Waals surface area contributed by atoms with Crippen LogP contribution in [0.25, 0.3) is 0 Å². The molecule has 2 aliphatic rings. The first kappa shape index (κ1) is 11.7. The van der Waals surface area contributed by atoms with Gasteiger partial charge < -0.3 is 15.2 Å². The molecule has 0 saturated heterocycles. The first-order valence-corrected chi connectivity index (χ1v) is 5.99. The van der Waals surface area contributed by atoms with E-state index in [0.717, 1.165) is 25.3 Å². The molecule has 0 radical (unpaired) electrons. The van der Waals surface area contributed by atoms with Crippen molar-refractivity contribution in [3.05, 3.63) is 23.8 Å². The lowest BCUT2D eigenvalue weighted by Crippen LogP contribution is -2.42. The van der Waals surface area contributed by atoms with Crippen LogP contribution in [0.5, 0.6) is 11.5 Å². The predicted octanol–water partition coefficient (Wildman–Crippen LogP) is 2.43. The zero-order chi connectivity index (χ0) is 13.0. The molecule has 1 atom stereocenters. The number of alkyl halides is 2. The van der Waals surface area contributed by atoms with Gasteiger partial charge in [0.2, 0.25) is 0 Å². The van der Waals surface area contributed by atoms with Crippen LogP contribution in [0.3, 0.4) is 0 Å². The lowest BCUT2D eigenvalue weighted by atomic mass is 10.0. The van der Waals surface area contributed by atoms with Crippen LogP contribution >= 0.6 is 0 Å². The van der Waals surface area contributed by atoms with E-state index in [4.69, 9.17) is 15.2 Å². The Balaban J connectivity index is 1.89. The average molecular weight is 255 g/mol. The minimum absolute atomic E-state index is 0.135. The number of benzene rings is 1. The Kier molecular flexibility index (Phi) is 2.32. The van der Waals surface area contributed by atoms with Gasteiger partial charge in [0.25, 0.3) is 5.92 Å². The van der Waals surface area contributed by atoms with Gasteiger partial charge in [-0.15, -0.1) is 0 Å². The van der Waals surface area contributed by atoms with Crippen LogP contribution in [0.1, 0.15) is 25.3 Å². The molecular weight excluding hydrogens is 240 g/mol. The molecule has 3 rings (SSSR count). The Hall–Kier alpha value is -1.36. The van der Waals surface area contributed by atoms with Crippen LogP contribution in [-0.4, -0.2) is 18.6 Å². The van der Waals surface area contributed by atoms with Gasteiger partial charge in [0, 0.05) is 12.5 Å². The highest BCUT2D eigenvalue weighted by Gasteiger charge is 2.42. The van der Waals surface area contributed by atoms with Gasteiger partial charge in [0.1, 0.15) is 6.61 Å². The van der Waals surface area contributed by atoms with Gasteiger partial charge in [-0.3, -0.25) is 0 Å². The fourth-order valence-electron chi connectivity index (χ4n) is 2.05. The average Bonchev–Trinajstić information content (AvgIpc) is 3.06. The lowest BCUT2D eigenvalue weighted by molar-refractivity contribution is -0.105. The molecule has 1 fully saturated rings. The summed E-state index contributed by atoms with van der Waals surface area (Å²) in [7, 11) is 0. The maximum Gasteiger partial charge on any atom is 0.284 e. The van der Waals surface area contributed by atoms with Crippen LogP contribution < -0.4 is 15.2 Å². The smallest absolute Gasteiger partial charge is 0.284 e. The fraction of sp³-hybridized carbons (Fsp3) is 0.538. The molecule has 98 valence electrons. The highest BCUT2D eigenvalue weighted by Crippen LogP contribution is 2.46. The number of rotatable bonds is 2. The quantitative estimate of drug-likeness (QED) is 0.882. The topological polar surface area (TPSA) is 44.5 Å². The minimum Gasteiger partial charge on any atom is -0.486 e. The van der Waals surface area contributed by atoms with Gasteiger partial charge in [-0.1, -0.05) is 6.07 Å². The molecule has 3 nitrogen and oxygen atoms in total. The van der Waals surface area contributed by atoms with Gasteiger partial charge in [-0.05, 0) is 30.5 Å². The second kappa shape index (κ2) is 3.57. The molecule has 18 heavy (non-hydrogen) atoms. The molecule has 1 aromatic rings. The molecule has 2 N–H and O–H groups in total. The third-order valence-electron chi connectivity index (χ3n) is 3.53. The van der Waals surface area contributed by atoms with Crippen molar-refractivity contribution in [3.8, 4) is 11.5 Å². The first-order chi connectivity index (χ1) is 8.38. The summed E-state index contributed by atoms with van der Waals surface area (Å²) < 4.78 is 37.1. The first-order valence-electron chi connectivity index (χ1n) is 5.99. The van der Waals surface area contributed by atoms with E-state index in [0.29, 0.717) is 11.5 Å². The summed E-state index contributed by atoms with van der Waals surface area (Å²) in [6.07, 6.45) is 0.591. The molecule has 1 aliphatic heterocycles. The van der Waals surface area contributed by atoms with Crippen molar-refractivity contribution < 1.29 is 18.3 Å². The van der Waals surface area contributed by atoms with E-state index < -0.39 is 12.0 Å². The van der Waals surface area contributed by atoms with Crippen LogP contribution in [0.15, 0.2) is 18.2 Å². The predicted molar refractivity (Wildman–Crippen MR) is 62.1 cm³/mol. The Bertz CT molecular complexity index is 480. The number of hydrogen-bond donors (Lipinski definition) is 1. The summed E-state index contributed by atoms with van der Waals surface area (Å²) in [4.78, 5) is 0. The second-order valence-corrected chi connectivity index (χ2v) is 5.19. The van der Waals surface area contributed by atoms with Crippen molar-refractivity contribution in [2.45, 2.75) is 37.3 Å². The van der Waals surface area contributed by atoms with Crippen LogP contribution in [0.2, 0.25) is 0 Å². The lowest BCUT2D eigenvalue weighted by Gasteiger charge is -2.30. The van der Waals surface area contributed by atoms with E-state index in [-0.39, 0.29) is 12.1 Å². The molecule has 1 unspecified atom stereocenters. The van der Waals surface area contributed by atoms with Crippen molar-refractivity contribution in [3.63, 3.8) is 0 Å². The summed E-state index contributed by atoms with van der Waals surface area (Å²) in [5.74, 6) is -2.06. The van der Waals surface area contributed by atoms with E-state index >= 15 is 0 Å². The Labute approximate surface area is 104 Å². The van der Waals surface area contributed by atoms with E-state index in [1.54, 1.807) is 12.1 Å². The van der Waals surface area contributed by atoms with E-state index in [9.17, 15) is 8.78 Å². The van der Waals surface area contributed by atoms with Gasteiger partial charge in [-0.2, -0.15) is 0 Å². The van der Waals surface area contributed by atoms with Crippen molar-refractivity contribution in [1.82, 2.24) is 0 Å². The summed E-state index contributed by atoms with van der Waals surface area (Å²) in [6, 6.07) is 5.33. The maximum absolute atomic E-state index is 13.2. The van der Waals surface area contributed by atoms with Crippen molar-refractivity contribution >= 4 is 0 Å². The normalized spacial score (nSPS) is 24.8. The number of ether oxygens (including phenoxy) is 2. The summed E-state index contributed by atoms with van der Waals surface area (Å²) in [6.45, 7) is 0.699. The van der Waals surface area contributed by atoms with Crippen LogP contribution in [0.4, 0.5) is 8.78 Å². The zero-order valence-electron chi connectivity index (χ0n) is 10.1. The molecule has 1 aromatic carbocycles. The van der Waals surface area contributed by atoms with Gasteiger partial charge in [0.15, 0.2) is 17.6 Å². The third-order valence-corrected chi connectivity index (χ3v) is 3.53. The Morgan fingerprint density at radius 3 is 2.67 bits per heavy atom. The minimum atomic E-state index is -2.92. The molecule has 1 aliphatic carbocycles. The summed E-state index contributed by atoms with van der Waals surface area (Å²) >= 11 is 0. The molecule has 1 heterocycles.